The highest BCUT2D eigenvalue weighted by atomic mass is 16.4. The van der Waals surface area contributed by atoms with Crippen LogP contribution in [0.5, 0.6) is 0 Å². The molecular formula is C5H8O4. The van der Waals surface area contributed by atoms with Crippen molar-refractivity contribution in [2.24, 2.45) is 0 Å². The van der Waals surface area contributed by atoms with E-state index in [1.165, 1.54) is 6.92 Å². The molecule has 0 aromatic rings. The summed E-state index contributed by atoms with van der Waals surface area (Å²) in [6.45, 7) is 4.35. The molecule has 0 aliphatic rings. The number of hydrogen-bond acceptors (Lipinski definition) is 2. The Morgan fingerprint density at radius 1 is 1.67 bits per heavy atom. The first-order valence-electron chi connectivity index (χ1n) is 2.03. The maximum absolute atomic E-state index is 9.60. The van der Waals surface area contributed by atoms with Gasteiger partial charge in [0.05, 0.1) is 0 Å². The third-order valence-corrected chi connectivity index (χ3v) is 0.365. The van der Waals surface area contributed by atoms with E-state index in [2.05, 4.69) is 6.58 Å². The Hall–Kier alpha value is -1.32. The van der Waals surface area contributed by atoms with Gasteiger partial charge in [0, 0.05) is 5.57 Å². The van der Waals surface area contributed by atoms with Crippen LogP contribution in [0.15, 0.2) is 12.2 Å². The standard InChI is InChI=1S/C4H6O2.CH2O2/c1-3(2)4(5)6;2-1-3/h1H2,2H3,(H,5,6);1H,(H,2,3). The van der Waals surface area contributed by atoms with Gasteiger partial charge in [-0.3, -0.25) is 4.79 Å². The minimum atomic E-state index is -0.935. The third kappa shape index (κ3) is 20.4. The summed E-state index contributed by atoms with van der Waals surface area (Å²) in [5.41, 5.74) is 0.176. The van der Waals surface area contributed by atoms with E-state index in [4.69, 9.17) is 15.0 Å². The topological polar surface area (TPSA) is 74.6 Å². The lowest BCUT2D eigenvalue weighted by molar-refractivity contribution is -0.132. The van der Waals surface area contributed by atoms with Gasteiger partial charge in [0.2, 0.25) is 0 Å². The fourth-order valence-corrected chi connectivity index (χ4v) is 0. The van der Waals surface area contributed by atoms with Crippen LogP contribution in [0.1, 0.15) is 6.92 Å². The van der Waals surface area contributed by atoms with Crippen molar-refractivity contribution in [2.45, 2.75) is 6.92 Å². The Morgan fingerprint density at radius 2 is 1.78 bits per heavy atom. The molecule has 0 fully saturated rings. The van der Waals surface area contributed by atoms with Gasteiger partial charge in [0.15, 0.2) is 0 Å². The Morgan fingerprint density at radius 3 is 1.78 bits per heavy atom. The average Bonchev–Trinajstić information content (AvgIpc) is 1.68. The minimum Gasteiger partial charge on any atom is -0.483 e. The largest absolute Gasteiger partial charge is 0.483 e. The van der Waals surface area contributed by atoms with E-state index in [0.29, 0.717) is 0 Å². The van der Waals surface area contributed by atoms with Gasteiger partial charge < -0.3 is 10.2 Å². The predicted octanol–water partition coefficient (Wildman–Crippen LogP) is 0.348. The van der Waals surface area contributed by atoms with E-state index < -0.39 is 5.97 Å². The summed E-state index contributed by atoms with van der Waals surface area (Å²) in [6.07, 6.45) is 0. The van der Waals surface area contributed by atoms with E-state index in [0.717, 1.165) is 0 Å². The van der Waals surface area contributed by atoms with Crippen LogP contribution in [0, 0.1) is 0 Å². The quantitative estimate of drug-likeness (QED) is 0.398. The van der Waals surface area contributed by atoms with Crippen LogP contribution in [0.2, 0.25) is 0 Å². The molecule has 0 atom stereocenters. The molecule has 0 bridgehead atoms. The second-order valence-corrected chi connectivity index (χ2v) is 1.19. The van der Waals surface area contributed by atoms with Crippen molar-refractivity contribution in [2.75, 3.05) is 0 Å². The van der Waals surface area contributed by atoms with Crippen LogP contribution in [0.4, 0.5) is 0 Å². The van der Waals surface area contributed by atoms with E-state index in [1.807, 2.05) is 0 Å². The van der Waals surface area contributed by atoms with Crippen molar-refractivity contribution in [3.8, 4) is 0 Å². The lowest BCUT2D eigenvalue weighted by Gasteiger charge is -1.79. The van der Waals surface area contributed by atoms with Crippen LogP contribution in [0.25, 0.3) is 0 Å². The van der Waals surface area contributed by atoms with E-state index >= 15 is 0 Å². The molecule has 0 aliphatic carbocycles. The summed E-state index contributed by atoms with van der Waals surface area (Å²) in [6, 6.07) is 0. The highest BCUT2D eigenvalue weighted by Gasteiger charge is 1.90. The summed E-state index contributed by atoms with van der Waals surface area (Å²) in [5.74, 6) is -0.935. The zero-order chi connectivity index (χ0) is 7.86. The number of carboxylic acids is 1. The Bertz CT molecular complexity index is 104. The first kappa shape index (κ1) is 10.6. The van der Waals surface area contributed by atoms with Gasteiger partial charge in [-0.2, -0.15) is 0 Å². The normalized spacial score (nSPS) is 6.33. The number of hydrogen-bond donors (Lipinski definition) is 2. The zero-order valence-electron chi connectivity index (χ0n) is 5.00. The number of rotatable bonds is 1. The molecule has 0 aliphatic heterocycles. The van der Waals surface area contributed by atoms with Crippen molar-refractivity contribution >= 4 is 12.4 Å². The van der Waals surface area contributed by atoms with Gasteiger partial charge in [-0.25, -0.2) is 4.79 Å². The Balaban J connectivity index is 0. The van der Waals surface area contributed by atoms with Gasteiger partial charge in [-0.15, -0.1) is 0 Å². The molecular weight excluding hydrogens is 124 g/mol. The zero-order valence-corrected chi connectivity index (χ0v) is 5.00. The monoisotopic (exact) mass is 132 g/mol. The van der Waals surface area contributed by atoms with E-state index in [1.54, 1.807) is 0 Å². The number of carboxylic acid groups (broad SMARTS) is 2. The maximum Gasteiger partial charge on any atom is 0.330 e. The SMILES string of the molecule is C=C(C)C(=O)O.O=CO. The van der Waals surface area contributed by atoms with Crippen molar-refractivity contribution in [3.63, 3.8) is 0 Å². The first-order chi connectivity index (χ1) is 4.06. The summed E-state index contributed by atoms with van der Waals surface area (Å²) in [7, 11) is 0. The van der Waals surface area contributed by atoms with Gasteiger partial charge >= 0.3 is 5.97 Å². The second-order valence-electron chi connectivity index (χ2n) is 1.19. The molecule has 52 valence electrons. The average molecular weight is 132 g/mol. The molecule has 0 saturated carbocycles. The second kappa shape index (κ2) is 6.68. The highest BCUT2D eigenvalue weighted by Crippen LogP contribution is 1.81. The van der Waals surface area contributed by atoms with Crippen LogP contribution in [0.3, 0.4) is 0 Å². The minimum absolute atomic E-state index is 0.176. The molecule has 2 N–H and O–H groups in total. The molecule has 0 amide bonds. The third-order valence-electron chi connectivity index (χ3n) is 0.365. The molecule has 4 heteroatoms. The van der Waals surface area contributed by atoms with Gasteiger partial charge in [-0.1, -0.05) is 6.58 Å². The van der Waals surface area contributed by atoms with Crippen LogP contribution >= 0.6 is 0 Å². The fourth-order valence-electron chi connectivity index (χ4n) is 0. The molecule has 0 heterocycles. The lowest BCUT2D eigenvalue weighted by Crippen LogP contribution is -1.92. The van der Waals surface area contributed by atoms with E-state index in [-0.39, 0.29) is 12.0 Å². The molecule has 0 aromatic heterocycles. The summed E-state index contributed by atoms with van der Waals surface area (Å²) >= 11 is 0. The highest BCUT2D eigenvalue weighted by molar-refractivity contribution is 5.84. The van der Waals surface area contributed by atoms with Gasteiger partial charge in [0.25, 0.3) is 6.47 Å². The van der Waals surface area contributed by atoms with Crippen LogP contribution in [-0.2, 0) is 9.59 Å². The molecule has 4 nitrogen and oxygen atoms in total. The fraction of sp³-hybridized carbons (Fsp3) is 0.200. The molecule has 0 saturated heterocycles. The van der Waals surface area contributed by atoms with Crippen molar-refractivity contribution in [1.82, 2.24) is 0 Å². The Kier molecular flexibility index (Phi) is 7.88. The predicted molar refractivity (Wildman–Crippen MR) is 31.1 cm³/mol. The lowest BCUT2D eigenvalue weighted by atomic mass is 10.4. The summed E-state index contributed by atoms with van der Waals surface area (Å²) in [4.78, 5) is 18.0. The van der Waals surface area contributed by atoms with Crippen LogP contribution < -0.4 is 0 Å². The molecule has 0 rings (SSSR count). The van der Waals surface area contributed by atoms with E-state index in [9.17, 15) is 4.79 Å². The van der Waals surface area contributed by atoms with Gasteiger partial charge in [-0.05, 0) is 6.92 Å². The summed E-state index contributed by atoms with van der Waals surface area (Å²) < 4.78 is 0. The molecule has 0 spiro atoms. The summed E-state index contributed by atoms with van der Waals surface area (Å²) in [5, 5.41) is 14.8. The molecule has 0 unspecified atom stereocenters. The molecule has 9 heavy (non-hydrogen) atoms. The van der Waals surface area contributed by atoms with Crippen molar-refractivity contribution in [3.05, 3.63) is 12.2 Å². The van der Waals surface area contributed by atoms with Crippen molar-refractivity contribution < 1.29 is 19.8 Å². The smallest absolute Gasteiger partial charge is 0.330 e. The van der Waals surface area contributed by atoms with Crippen molar-refractivity contribution in [1.29, 1.82) is 0 Å². The molecule has 0 aromatic carbocycles. The Labute approximate surface area is 52.4 Å². The maximum atomic E-state index is 9.60. The molecule has 0 radical (unpaired) electrons. The number of aliphatic carboxylic acids is 1. The van der Waals surface area contributed by atoms with Gasteiger partial charge in [0.1, 0.15) is 0 Å². The first-order valence-corrected chi connectivity index (χ1v) is 2.03. The van der Waals surface area contributed by atoms with Crippen LogP contribution in [-0.4, -0.2) is 22.7 Å². The number of carbonyl (C=O) groups is 2.